The van der Waals surface area contributed by atoms with E-state index in [4.69, 9.17) is 4.42 Å². The van der Waals surface area contributed by atoms with E-state index in [0.29, 0.717) is 24.4 Å². The van der Waals surface area contributed by atoms with E-state index >= 15 is 0 Å². The lowest BCUT2D eigenvalue weighted by atomic mass is 9.89. The van der Waals surface area contributed by atoms with E-state index in [9.17, 15) is 9.90 Å². The highest BCUT2D eigenvalue weighted by atomic mass is 16.3. The maximum Gasteiger partial charge on any atom is 0.257 e. The number of nitrogens with zero attached hydrogens (tertiary/aromatic N) is 1. The molecular formula is C13H19NO3. The van der Waals surface area contributed by atoms with Crippen molar-refractivity contribution < 1.29 is 14.3 Å². The number of likely N-dealkylation sites (tertiary alicyclic amines) is 1. The Morgan fingerprint density at radius 1 is 1.53 bits per heavy atom. The number of β-amino-alcohol motifs (C(OH)–C–C–N with tert-alkyl or cyclic N) is 1. The van der Waals surface area contributed by atoms with Crippen molar-refractivity contribution in [3.63, 3.8) is 0 Å². The van der Waals surface area contributed by atoms with Crippen molar-refractivity contribution in [2.24, 2.45) is 0 Å². The first kappa shape index (κ1) is 12.2. The highest BCUT2D eigenvalue weighted by Crippen LogP contribution is 2.28. The molecule has 1 aliphatic rings. The number of rotatable bonds is 3. The molecule has 17 heavy (non-hydrogen) atoms. The van der Waals surface area contributed by atoms with E-state index in [1.54, 1.807) is 17.9 Å². The second-order valence-electron chi connectivity index (χ2n) is 4.96. The summed E-state index contributed by atoms with van der Waals surface area (Å²) in [6, 6.07) is 1.76. The number of aryl methyl sites for hydroxylation is 2. The SMILES string of the molecule is CCCC1(O)CN(C(=O)c2cc(C)oc2C)C1. The van der Waals surface area contributed by atoms with Crippen LogP contribution in [0.4, 0.5) is 0 Å². The Morgan fingerprint density at radius 3 is 2.65 bits per heavy atom. The van der Waals surface area contributed by atoms with Gasteiger partial charge in [-0.05, 0) is 26.3 Å². The van der Waals surface area contributed by atoms with Gasteiger partial charge in [0.1, 0.15) is 11.5 Å². The predicted molar refractivity (Wildman–Crippen MR) is 63.9 cm³/mol. The van der Waals surface area contributed by atoms with Gasteiger partial charge in [-0.25, -0.2) is 0 Å². The molecule has 0 aliphatic carbocycles. The summed E-state index contributed by atoms with van der Waals surface area (Å²) < 4.78 is 5.34. The average molecular weight is 237 g/mol. The molecule has 0 aromatic carbocycles. The first-order valence-electron chi connectivity index (χ1n) is 6.04. The van der Waals surface area contributed by atoms with Crippen LogP contribution in [0.3, 0.4) is 0 Å². The quantitative estimate of drug-likeness (QED) is 0.873. The first-order valence-corrected chi connectivity index (χ1v) is 6.04. The predicted octanol–water partition coefficient (Wildman–Crippen LogP) is 1.88. The third-order valence-electron chi connectivity index (χ3n) is 3.24. The fourth-order valence-corrected chi connectivity index (χ4v) is 2.44. The molecular weight excluding hydrogens is 218 g/mol. The summed E-state index contributed by atoms with van der Waals surface area (Å²) in [6.07, 6.45) is 1.68. The summed E-state index contributed by atoms with van der Waals surface area (Å²) in [4.78, 5) is 13.8. The largest absolute Gasteiger partial charge is 0.466 e. The molecule has 1 amide bonds. The van der Waals surface area contributed by atoms with Crippen LogP contribution in [0.25, 0.3) is 0 Å². The van der Waals surface area contributed by atoms with Crippen LogP contribution in [0, 0.1) is 13.8 Å². The standard InChI is InChI=1S/C13H19NO3/c1-4-5-13(16)7-14(8-13)12(15)11-6-9(2)17-10(11)3/h6,16H,4-5,7-8H2,1-3H3. The highest BCUT2D eigenvalue weighted by Gasteiger charge is 2.43. The van der Waals surface area contributed by atoms with Crippen LogP contribution in [-0.4, -0.2) is 34.6 Å². The lowest BCUT2D eigenvalue weighted by Gasteiger charge is -2.46. The zero-order valence-electron chi connectivity index (χ0n) is 10.6. The first-order chi connectivity index (χ1) is 7.95. The summed E-state index contributed by atoms with van der Waals surface area (Å²) in [7, 11) is 0. The van der Waals surface area contributed by atoms with E-state index in [-0.39, 0.29) is 5.91 Å². The van der Waals surface area contributed by atoms with Gasteiger partial charge in [0.05, 0.1) is 24.3 Å². The maximum absolute atomic E-state index is 12.1. The third-order valence-corrected chi connectivity index (χ3v) is 3.24. The molecule has 0 saturated carbocycles. The van der Waals surface area contributed by atoms with Gasteiger partial charge < -0.3 is 14.4 Å². The number of furan rings is 1. The molecule has 0 unspecified atom stereocenters. The summed E-state index contributed by atoms with van der Waals surface area (Å²) >= 11 is 0. The van der Waals surface area contributed by atoms with Crippen LogP contribution in [0.2, 0.25) is 0 Å². The van der Waals surface area contributed by atoms with Crippen LogP contribution in [0.5, 0.6) is 0 Å². The fraction of sp³-hybridized carbons (Fsp3) is 0.615. The molecule has 1 saturated heterocycles. The van der Waals surface area contributed by atoms with Crippen LogP contribution < -0.4 is 0 Å². The van der Waals surface area contributed by atoms with Gasteiger partial charge in [0.25, 0.3) is 5.91 Å². The molecule has 0 bridgehead atoms. The van der Waals surface area contributed by atoms with Gasteiger partial charge in [-0.15, -0.1) is 0 Å². The molecule has 1 aromatic rings. The Morgan fingerprint density at radius 2 is 2.18 bits per heavy atom. The normalized spacial score (nSPS) is 18.0. The summed E-state index contributed by atoms with van der Waals surface area (Å²) in [5.41, 5.74) is -0.0575. The lowest BCUT2D eigenvalue weighted by Crippen LogP contribution is -2.63. The minimum atomic E-state index is -0.670. The monoisotopic (exact) mass is 237 g/mol. The Hall–Kier alpha value is -1.29. The molecule has 94 valence electrons. The molecule has 0 radical (unpaired) electrons. The van der Waals surface area contributed by atoms with E-state index in [0.717, 1.165) is 18.6 Å². The lowest BCUT2D eigenvalue weighted by molar-refractivity contribution is -0.0860. The summed E-state index contributed by atoms with van der Waals surface area (Å²) in [5, 5.41) is 10.0. The molecule has 0 atom stereocenters. The molecule has 1 N–H and O–H groups in total. The molecule has 1 aliphatic heterocycles. The summed E-state index contributed by atoms with van der Waals surface area (Å²) in [5.74, 6) is 1.36. The Kier molecular flexibility index (Phi) is 3.00. The van der Waals surface area contributed by atoms with Gasteiger partial charge in [0, 0.05) is 0 Å². The molecule has 1 aromatic heterocycles. The topological polar surface area (TPSA) is 53.7 Å². The van der Waals surface area contributed by atoms with Crippen molar-refractivity contribution in [2.45, 2.75) is 39.2 Å². The Bertz CT molecular complexity index is 430. The van der Waals surface area contributed by atoms with Gasteiger partial charge >= 0.3 is 0 Å². The molecule has 0 spiro atoms. The number of hydrogen-bond acceptors (Lipinski definition) is 3. The highest BCUT2D eigenvalue weighted by molar-refractivity contribution is 5.96. The van der Waals surface area contributed by atoms with Crippen molar-refractivity contribution in [2.75, 3.05) is 13.1 Å². The van der Waals surface area contributed by atoms with E-state index < -0.39 is 5.60 Å². The molecule has 4 heteroatoms. The van der Waals surface area contributed by atoms with Gasteiger partial charge in [-0.3, -0.25) is 4.79 Å². The van der Waals surface area contributed by atoms with Crippen molar-refractivity contribution in [1.29, 1.82) is 0 Å². The van der Waals surface area contributed by atoms with Crippen molar-refractivity contribution in [1.82, 2.24) is 4.90 Å². The zero-order chi connectivity index (χ0) is 12.6. The molecule has 2 heterocycles. The van der Waals surface area contributed by atoms with E-state index in [1.165, 1.54) is 0 Å². The number of carbonyl (C=O) groups excluding carboxylic acids is 1. The number of carbonyl (C=O) groups is 1. The molecule has 1 fully saturated rings. The van der Waals surface area contributed by atoms with Crippen LogP contribution in [0.15, 0.2) is 10.5 Å². The minimum Gasteiger partial charge on any atom is -0.466 e. The summed E-state index contributed by atoms with van der Waals surface area (Å²) in [6.45, 7) is 6.52. The zero-order valence-corrected chi connectivity index (χ0v) is 10.6. The second kappa shape index (κ2) is 4.18. The van der Waals surface area contributed by atoms with Crippen LogP contribution in [-0.2, 0) is 0 Å². The van der Waals surface area contributed by atoms with Gasteiger partial charge in [-0.1, -0.05) is 13.3 Å². The Labute approximate surface area is 101 Å². The smallest absolute Gasteiger partial charge is 0.257 e. The third kappa shape index (κ3) is 2.22. The van der Waals surface area contributed by atoms with Crippen LogP contribution in [0.1, 0.15) is 41.6 Å². The number of amides is 1. The number of aliphatic hydroxyl groups is 1. The molecule has 4 nitrogen and oxygen atoms in total. The average Bonchev–Trinajstić information content (AvgIpc) is 2.53. The van der Waals surface area contributed by atoms with Gasteiger partial charge in [-0.2, -0.15) is 0 Å². The van der Waals surface area contributed by atoms with Gasteiger partial charge in [0.2, 0.25) is 0 Å². The van der Waals surface area contributed by atoms with Crippen molar-refractivity contribution in [3.05, 3.63) is 23.2 Å². The molecule has 2 rings (SSSR count). The van der Waals surface area contributed by atoms with E-state index in [2.05, 4.69) is 0 Å². The second-order valence-corrected chi connectivity index (χ2v) is 4.96. The van der Waals surface area contributed by atoms with Gasteiger partial charge in [0.15, 0.2) is 0 Å². The van der Waals surface area contributed by atoms with E-state index in [1.807, 2.05) is 13.8 Å². The minimum absolute atomic E-state index is 0.0415. The van der Waals surface area contributed by atoms with Crippen molar-refractivity contribution >= 4 is 5.91 Å². The Balaban J connectivity index is 2.02. The van der Waals surface area contributed by atoms with Crippen LogP contribution >= 0.6 is 0 Å². The number of hydrogen-bond donors (Lipinski definition) is 1. The maximum atomic E-state index is 12.1. The fourth-order valence-electron chi connectivity index (χ4n) is 2.44. The van der Waals surface area contributed by atoms with Crippen molar-refractivity contribution in [3.8, 4) is 0 Å².